The summed E-state index contributed by atoms with van der Waals surface area (Å²) in [6, 6.07) is 0. The molecule has 0 bridgehead atoms. The van der Waals surface area contributed by atoms with E-state index in [4.69, 9.17) is 4.74 Å². The Morgan fingerprint density at radius 3 is 2.05 bits per heavy atom. The molecule has 2 rings (SSSR count). The lowest BCUT2D eigenvalue weighted by atomic mass is 9.67. The number of hydrogen-bond acceptors (Lipinski definition) is 2. The molecule has 0 spiro atoms. The molecule has 3 unspecified atom stereocenters. The lowest BCUT2D eigenvalue weighted by Crippen LogP contribution is -2.52. The van der Waals surface area contributed by atoms with Crippen LogP contribution >= 0.6 is 0 Å². The van der Waals surface area contributed by atoms with Crippen LogP contribution in [0.25, 0.3) is 0 Å². The minimum atomic E-state index is -0.264. The molecule has 0 saturated heterocycles. The smallest absolute Gasteiger partial charge is 0.0942 e. The molecule has 0 aromatic carbocycles. The highest BCUT2D eigenvalue weighted by molar-refractivity contribution is 4.97. The molecule has 2 aliphatic carbocycles. The largest absolute Gasteiger partial charge is 0.390 e. The summed E-state index contributed by atoms with van der Waals surface area (Å²) in [5.74, 6) is 2.73. The van der Waals surface area contributed by atoms with Crippen molar-refractivity contribution in [2.75, 3.05) is 6.61 Å². The quantitative estimate of drug-likeness (QED) is 0.828. The highest BCUT2D eigenvalue weighted by Gasteiger charge is 2.45. The van der Waals surface area contributed by atoms with Crippen molar-refractivity contribution in [3.63, 3.8) is 0 Å². The van der Waals surface area contributed by atoms with Gasteiger partial charge in [0.05, 0.1) is 11.7 Å². The van der Waals surface area contributed by atoms with Crippen LogP contribution in [0, 0.1) is 23.7 Å². The highest BCUT2D eigenvalue weighted by Crippen LogP contribution is 2.44. The van der Waals surface area contributed by atoms with Gasteiger partial charge in [-0.3, -0.25) is 0 Å². The number of aliphatic hydroxyl groups is 1. The zero-order chi connectivity index (χ0) is 14.8. The molecule has 0 aliphatic heterocycles. The van der Waals surface area contributed by atoms with E-state index in [1.54, 1.807) is 0 Å². The van der Waals surface area contributed by atoms with E-state index in [-0.39, 0.29) is 11.7 Å². The van der Waals surface area contributed by atoms with E-state index < -0.39 is 0 Å². The molecule has 0 heterocycles. The van der Waals surface area contributed by atoms with Gasteiger partial charge in [0.1, 0.15) is 0 Å². The summed E-state index contributed by atoms with van der Waals surface area (Å²) < 4.78 is 6.15. The molecule has 20 heavy (non-hydrogen) atoms. The topological polar surface area (TPSA) is 29.5 Å². The Morgan fingerprint density at radius 1 is 1.00 bits per heavy atom. The number of aliphatic hydroxyl groups excluding tert-OH is 1. The van der Waals surface area contributed by atoms with Crippen LogP contribution < -0.4 is 0 Å². The summed E-state index contributed by atoms with van der Waals surface area (Å²) in [5, 5.41) is 11.1. The molecule has 2 nitrogen and oxygen atoms in total. The van der Waals surface area contributed by atoms with Crippen LogP contribution in [0.15, 0.2) is 0 Å². The SMILES string of the molecule is CCOC1(C(O)C2CC(C)CC(C)C2)CCC(C)CC1. The van der Waals surface area contributed by atoms with Crippen molar-refractivity contribution < 1.29 is 9.84 Å². The van der Waals surface area contributed by atoms with Gasteiger partial charge in [-0.2, -0.15) is 0 Å². The van der Waals surface area contributed by atoms with Crippen molar-refractivity contribution in [1.82, 2.24) is 0 Å². The van der Waals surface area contributed by atoms with E-state index in [0.29, 0.717) is 5.92 Å². The molecule has 0 aromatic heterocycles. The second-order valence-corrected chi connectivity index (χ2v) is 7.80. The van der Waals surface area contributed by atoms with Gasteiger partial charge in [0.2, 0.25) is 0 Å². The predicted molar refractivity (Wildman–Crippen MR) is 83.7 cm³/mol. The van der Waals surface area contributed by atoms with Gasteiger partial charge >= 0.3 is 0 Å². The molecule has 2 fully saturated rings. The zero-order valence-electron chi connectivity index (χ0n) is 13.9. The fraction of sp³-hybridized carbons (Fsp3) is 1.00. The number of hydrogen-bond donors (Lipinski definition) is 1. The molecule has 2 saturated carbocycles. The van der Waals surface area contributed by atoms with Crippen LogP contribution in [0.2, 0.25) is 0 Å². The van der Waals surface area contributed by atoms with Crippen LogP contribution in [-0.2, 0) is 4.74 Å². The first-order chi connectivity index (χ1) is 9.47. The van der Waals surface area contributed by atoms with Crippen LogP contribution in [-0.4, -0.2) is 23.4 Å². The van der Waals surface area contributed by atoms with Gasteiger partial charge in [0.15, 0.2) is 0 Å². The molecular weight excluding hydrogens is 248 g/mol. The van der Waals surface area contributed by atoms with Crippen molar-refractivity contribution in [3.8, 4) is 0 Å². The fourth-order valence-corrected chi connectivity index (χ4v) is 4.76. The van der Waals surface area contributed by atoms with Crippen LogP contribution in [0.1, 0.15) is 72.6 Å². The Hall–Kier alpha value is -0.0800. The first kappa shape index (κ1) is 16.3. The number of ether oxygens (including phenoxy) is 1. The van der Waals surface area contributed by atoms with Gasteiger partial charge < -0.3 is 9.84 Å². The monoisotopic (exact) mass is 282 g/mol. The van der Waals surface area contributed by atoms with Crippen molar-refractivity contribution in [2.45, 2.75) is 84.3 Å². The Bertz CT molecular complexity index is 284. The van der Waals surface area contributed by atoms with Gasteiger partial charge in [0.25, 0.3) is 0 Å². The van der Waals surface area contributed by atoms with Crippen LogP contribution in [0.3, 0.4) is 0 Å². The van der Waals surface area contributed by atoms with E-state index in [1.165, 1.54) is 32.1 Å². The van der Waals surface area contributed by atoms with Crippen molar-refractivity contribution in [1.29, 1.82) is 0 Å². The first-order valence-corrected chi connectivity index (χ1v) is 8.79. The van der Waals surface area contributed by atoms with Crippen molar-refractivity contribution in [2.24, 2.45) is 23.7 Å². The van der Waals surface area contributed by atoms with Crippen LogP contribution in [0.5, 0.6) is 0 Å². The van der Waals surface area contributed by atoms with Gasteiger partial charge in [-0.15, -0.1) is 0 Å². The normalized spacial score (nSPS) is 44.2. The Morgan fingerprint density at radius 2 is 1.55 bits per heavy atom. The third-order valence-corrected chi connectivity index (χ3v) is 5.75. The van der Waals surface area contributed by atoms with Crippen molar-refractivity contribution >= 4 is 0 Å². The third kappa shape index (κ3) is 3.57. The second kappa shape index (κ2) is 6.79. The van der Waals surface area contributed by atoms with E-state index in [0.717, 1.165) is 37.2 Å². The predicted octanol–water partition coefficient (Wildman–Crippen LogP) is 4.41. The van der Waals surface area contributed by atoms with Gasteiger partial charge in [-0.1, -0.05) is 20.8 Å². The number of rotatable bonds is 4. The highest BCUT2D eigenvalue weighted by atomic mass is 16.5. The molecule has 0 radical (unpaired) electrons. The Balaban J connectivity index is 2.08. The third-order valence-electron chi connectivity index (χ3n) is 5.75. The van der Waals surface area contributed by atoms with Crippen LogP contribution in [0.4, 0.5) is 0 Å². The fourth-order valence-electron chi connectivity index (χ4n) is 4.76. The molecule has 3 atom stereocenters. The lowest BCUT2D eigenvalue weighted by molar-refractivity contribution is -0.167. The minimum Gasteiger partial charge on any atom is -0.390 e. The average molecular weight is 282 g/mol. The maximum atomic E-state index is 11.1. The summed E-state index contributed by atoms with van der Waals surface area (Å²) in [6.07, 6.45) is 7.91. The minimum absolute atomic E-state index is 0.247. The first-order valence-electron chi connectivity index (χ1n) is 8.79. The van der Waals surface area contributed by atoms with E-state index in [1.807, 2.05) is 0 Å². The standard InChI is InChI=1S/C18H34O2/c1-5-20-18(8-6-13(2)7-9-18)17(19)16-11-14(3)10-15(4)12-16/h13-17,19H,5-12H2,1-4H3. The Kier molecular flexibility index (Phi) is 5.53. The molecule has 0 amide bonds. The van der Waals surface area contributed by atoms with E-state index in [9.17, 15) is 5.11 Å². The molecule has 2 heteroatoms. The maximum absolute atomic E-state index is 11.1. The summed E-state index contributed by atoms with van der Waals surface area (Å²) in [7, 11) is 0. The average Bonchev–Trinajstić information content (AvgIpc) is 2.40. The molecule has 2 aliphatic rings. The summed E-state index contributed by atoms with van der Waals surface area (Å²) in [6.45, 7) is 9.80. The second-order valence-electron chi connectivity index (χ2n) is 7.80. The summed E-state index contributed by atoms with van der Waals surface area (Å²) in [4.78, 5) is 0. The lowest BCUT2D eigenvalue weighted by Gasteiger charge is -2.47. The molecular formula is C18H34O2. The van der Waals surface area contributed by atoms with Gasteiger partial charge in [-0.25, -0.2) is 0 Å². The molecule has 0 aromatic rings. The maximum Gasteiger partial charge on any atom is 0.0942 e. The van der Waals surface area contributed by atoms with E-state index >= 15 is 0 Å². The Labute approximate surface area is 125 Å². The zero-order valence-corrected chi connectivity index (χ0v) is 13.9. The summed E-state index contributed by atoms with van der Waals surface area (Å²) in [5.41, 5.74) is -0.247. The van der Waals surface area contributed by atoms with Gasteiger partial charge in [-0.05, 0) is 75.5 Å². The van der Waals surface area contributed by atoms with E-state index in [2.05, 4.69) is 27.7 Å². The van der Waals surface area contributed by atoms with Crippen molar-refractivity contribution in [3.05, 3.63) is 0 Å². The van der Waals surface area contributed by atoms with Gasteiger partial charge in [0, 0.05) is 6.61 Å². The molecule has 1 N–H and O–H groups in total. The summed E-state index contributed by atoms with van der Waals surface area (Å²) >= 11 is 0. The molecule has 118 valence electrons.